The lowest BCUT2D eigenvalue weighted by molar-refractivity contribution is -0.147. The number of aromatic nitrogens is 2. The van der Waals surface area contributed by atoms with Gasteiger partial charge in [0.2, 0.25) is 0 Å². The van der Waals surface area contributed by atoms with E-state index in [1.807, 2.05) is 12.2 Å². The largest absolute Gasteiger partial charge is 0.455 e. The van der Waals surface area contributed by atoms with Gasteiger partial charge < -0.3 is 10.1 Å². The second-order valence-corrected chi connectivity index (χ2v) is 5.19. The van der Waals surface area contributed by atoms with Crippen LogP contribution in [-0.2, 0) is 20.7 Å². The first-order chi connectivity index (χ1) is 12.0. The minimum Gasteiger partial charge on any atom is -0.455 e. The molecule has 0 aliphatic heterocycles. The minimum absolute atomic E-state index is 0.216. The van der Waals surface area contributed by atoms with E-state index in [9.17, 15) is 19.2 Å². The van der Waals surface area contributed by atoms with E-state index in [2.05, 4.69) is 15.5 Å². The molecule has 2 rings (SSSR count). The van der Waals surface area contributed by atoms with Crippen LogP contribution in [0.3, 0.4) is 0 Å². The van der Waals surface area contributed by atoms with Crippen molar-refractivity contribution in [3.63, 3.8) is 0 Å². The van der Waals surface area contributed by atoms with Gasteiger partial charge in [0.25, 0.3) is 11.5 Å². The van der Waals surface area contributed by atoms with Gasteiger partial charge in [-0.05, 0) is 12.5 Å². The van der Waals surface area contributed by atoms with Crippen molar-refractivity contribution >= 4 is 28.7 Å². The van der Waals surface area contributed by atoms with Crippen molar-refractivity contribution in [2.75, 3.05) is 13.2 Å². The zero-order valence-corrected chi connectivity index (χ0v) is 13.6. The number of H-pyrrole nitrogens is 1. The molecule has 0 aliphatic carbocycles. The van der Waals surface area contributed by atoms with Gasteiger partial charge in [-0.15, -0.1) is 0 Å². The number of hydrogen-bond acceptors (Lipinski definition) is 6. The van der Waals surface area contributed by atoms with Crippen molar-refractivity contribution in [3.8, 4) is 0 Å². The highest BCUT2D eigenvalue weighted by atomic mass is 16.5. The Morgan fingerprint density at radius 3 is 2.64 bits per heavy atom. The highest BCUT2D eigenvalue weighted by Gasteiger charge is 2.14. The lowest BCUT2D eigenvalue weighted by Crippen LogP contribution is -2.41. The Hall–Kier alpha value is -3.23. The van der Waals surface area contributed by atoms with Crippen molar-refractivity contribution in [1.29, 1.82) is 0 Å². The number of benzene rings is 1. The number of esters is 1. The standard InChI is InChI=1S/C16H18N4O5/c1-2-7-17-16(24)18-13(21)9-25-14(22)8-12-10-5-3-4-6-11(10)15(23)20-19-12/h3-6H,2,7-9H2,1H3,(H,20,23)(H2,17,18,21,24). The maximum atomic E-state index is 11.9. The van der Waals surface area contributed by atoms with Gasteiger partial charge in [-0.2, -0.15) is 5.10 Å². The van der Waals surface area contributed by atoms with Crippen molar-refractivity contribution in [2.45, 2.75) is 19.8 Å². The number of hydrogen-bond donors (Lipinski definition) is 3. The third-order valence-electron chi connectivity index (χ3n) is 3.24. The van der Waals surface area contributed by atoms with Gasteiger partial charge in [-0.25, -0.2) is 9.89 Å². The summed E-state index contributed by atoms with van der Waals surface area (Å²) in [7, 11) is 0. The number of ether oxygens (including phenoxy) is 1. The maximum absolute atomic E-state index is 11.9. The first-order valence-electron chi connectivity index (χ1n) is 7.71. The van der Waals surface area contributed by atoms with Gasteiger partial charge in [0, 0.05) is 11.9 Å². The molecular formula is C16H18N4O5. The summed E-state index contributed by atoms with van der Waals surface area (Å²) >= 11 is 0. The summed E-state index contributed by atoms with van der Waals surface area (Å²) in [6.45, 7) is 1.72. The molecule has 0 saturated carbocycles. The molecule has 1 aromatic carbocycles. The molecule has 3 amide bonds. The molecule has 0 atom stereocenters. The third-order valence-corrected chi connectivity index (χ3v) is 3.24. The summed E-state index contributed by atoms with van der Waals surface area (Å²) in [6, 6.07) is 6.07. The summed E-state index contributed by atoms with van der Waals surface area (Å²) in [5, 5.41) is 11.6. The zero-order chi connectivity index (χ0) is 18.2. The molecule has 0 spiro atoms. The van der Waals surface area contributed by atoms with Crippen molar-refractivity contribution < 1.29 is 19.1 Å². The van der Waals surface area contributed by atoms with Crippen LogP contribution in [0.2, 0.25) is 0 Å². The third kappa shape index (κ3) is 5.13. The molecule has 0 bridgehead atoms. The SMILES string of the molecule is CCCNC(=O)NC(=O)COC(=O)Cc1n[nH]c(=O)c2ccccc12. The molecule has 25 heavy (non-hydrogen) atoms. The molecule has 2 aromatic rings. The summed E-state index contributed by atoms with van der Waals surface area (Å²) in [5.41, 5.74) is -0.0218. The Labute approximate surface area is 142 Å². The van der Waals surface area contributed by atoms with Gasteiger partial charge in [0.1, 0.15) is 0 Å². The topological polar surface area (TPSA) is 130 Å². The van der Waals surface area contributed by atoms with E-state index in [0.29, 0.717) is 23.0 Å². The zero-order valence-electron chi connectivity index (χ0n) is 13.6. The molecule has 3 N–H and O–H groups in total. The lowest BCUT2D eigenvalue weighted by Gasteiger charge is -2.07. The fourth-order valence-corrected chi connectivity index (χ4v) is 2.09. The lowest BCUT2D eigenvalue weighted by atomic mass is 10.1. The number of amides is 3. The van der Waals surface area contributed by atoms with Crippen LogP contribution in [0.1, 0.15) is 19.0 Å². The molecule has 0 unspecified atom stereocenters. The normalized spacial score (nSPS) is 10.3. The van der Waals surface area contributed by atoms with Crippen LogP contribution < -0.4 is 16.2 Å². The molecule has 1 heterocycles. The Kier molecular flexibility index (Phi) is 6.21. The Balaban J connectivity index is 1.91. The fraction of sp³-hybridized carbons (Fsp3) is 0.312. The van der Waals surface area contributed by atoms with E-state index in [-0.39, 0.29) is 12.0 Å². The quantitative estimate of drug-likeness (QED) is 0.643. The average molecular weight is 346 g/mol. The number of carbonyl (C=O) groups is 3. The highest BCUT2D eigenvalue weighted by molar-refractivity contribution is 5.95. The van der Waals surface area contributed by atoms with E-state index in [0.717, 1.165) is 6.42 Å². The summed E-state index contributed by atoms with van der Waals surface area (Å²) in [4.78, 5) is 46.4. The predicted octanol–water partition coefficient (Wildman–Crippen LogP) is 0.245. The predicted molar refractivity (Wildman–Crippen MR) is 88.9 cm³/mol. The molecule has 0 fully saturated rings. The maximum Gasteiger partial charge on any atom is 0.321 e. The average Bonchev–Trinajstić information content (AvgIpc) is 2.61. The number of urea groups is 1. The number of nitrogens with zero attached hydrogens (tertiary/aromatic N) is 1. The second-order valence-electron chi connectivity index (χ2n) is 5.19. The summed E-state index contributed by atoms with van der Waals surface area (Å²) < 4.78 is 4.83. The van der Waals surface area contributed by atoms with Crippen LogP contribution in [0, 0.1) is 0 Å². The molecule has 0 saturated heterocycles. The van der Waals surface area contributed by atoms with Crippen LogP contribution in [0.4, 0.5) is 4.79 Å². The highest BCUT2D eigenvalue weighted by Crippen LogP contribution is 2.13. The molecule has 1 aromatic heterocycles. The van der Waals surface area contributed by atoms with Crippen LogP contribution in [-0.4, -0.2) is 41.3 Å². The van der Waals surface area contributed by atoms with E-state index in [1.165, 1.54) is 0 Å². The number of aromatic amines is 1. The molecule has 132 valence electrons. The number of nitrogens with one attached hydrogen (secondary N) is 3. The Bertz CT molecular complexity index is 846. The van der Waals surface area contributed by atoms with Gasteiger partial charge in [-0.1, -0.05) is 25.1 Å². The van der Waals surface area contributed by atoms with Crippen LogP contribution in [0.25, 0.3) is 10.8 Å². The van der Waals surface area contributed by atoms with Crippen LogP contribution in [0.15, 0.2) is 29.1 Å². The van der Waals surface area contributed by atoms with Crippen LogP contribution >= 0.6 is 0 Å². The van der Waals surface area contributed by atoms with E-state index in [1.54, 1.807) is 24.3 Å². The van der Waals surface area contributed by atoms with Crippen molar-refractivity contribution in [1.82, 2.24) is 20.8 Å². The van der Waals surface area contributed by atoms with Gasteiger partial charge in [0.05, 0.1) is 17.5 Å². The Morgan fingerprint density at radius 1 is 1.20 bits per heavy atom. The van der Waals surface area contributed by atoms with E-state index < -0.39 is 24.5 Å². The smallest absolute Gasteiger partial charge is 0.321 e. The molecule has 9 nitrogen and oxygen atoms in total. The number of imide groups is 1. The van der Waals surface area contributed by atoms with Crippen LogP contribution in [0.5, 0.6) is 0 Å². The summed E-state index contributed by atoms with van der Waals surface area (Å²) in [5.74, 6) is -1.44. The number of carbonyl (C=O) groups excluding carboxylic acids is 3. The second kappa shape index (κ2) is 8.57. The molecule has 0 radical (unpaired) electrons. The van der Waals surface area contributed by atoms with Gasteiger partial charge in [-0.3, -0.25) is 19.7 Å². The number of rotatable bonds is 6. The fourth-order valence-electron chi connectivity index (χ4n) is 2.09. The molecule has 9 heteroatoms. The van der Waals surface area contributed by atoms with Gasteiger partial charge in [0.15, 0.2) is 6.61 Å². The molecule has 0 aliphatic rings. The minimum atomic E-state index is -0.735. The van der Waals surface area contributed by atoms with E-state index >= 15 is 0 Å². The molecular weight excluding hydrogens is 328 g/mol. The van der Waals surface area contributed by atoms with E-state index in [4.69, 9.17) is 4.74 Å². The summed E-state index contributed by atoms with van der Waals surface area (Å²) in [6.07, 6.45) is 0.517. The first-order valence-corrected chi connectivity index (χ1v) is 7.71. The van der Waals surface area contributed by atoms with Crippen molar-refractivity contribution in [2.24, 2.45) is 0 Å². The van der Waals surface area contributed by atoms with Gasteiger partial charge >= 0.3 is 12.0 Å². The monoisotopic (exact) mass is 346 g/mol. The van der Waals surface area contributed by atoms with Crippen molar-refractivity contribution in [3.05, 3.63) is 40.3 Å². The first kappa shape index (κ1) is 18.1. The number of fused-ring (bicyclic) bond motifs is 1. The Morgan fingerprint density at radius 2 is 1.92 bits per heavy atom.